The standard InChI is InChI=1S/C14H15N3O4/c1-16-9-11(17(20)21)7-12(16)14(19)15-8-13(18)10-5-3-2-4-6-10/h2-7,9,13,18H,8H2,1H3,(H,15,19). The molecule has 21 heavy (non-hydrogen) atoms. The first-order chi connectivity index (χ1) is 9.99. The van der Waals surface area contributed by atoms with Crippen LogP contribution in [0.1, 0.15) is 22.2 Å². The van der Waals surface area contributed by atoms with Crippen LogP contribution >= 0.6 is 0 Å². The van der Waals surface area contributed by atoms with E-state index in [4.69, 9.17) is 0 Å². The van der Waals surface area contributed by atoms with Gasteiger partial charge in [-0.15, -0.1) is 0 Å². The van der Waals surface area contributed by atoms with Gasteiger partial charge < -0.3 is 15.0 Å². The van der Waals surface area contributed by atoms with E-state index in [1.165, 1.54) is 16.8 Å². The fraction of sp³-hybridized carbons (Fsp3) is 0.214. The zero-order chi connectivity index (χ0) is 15.4. The van der Waals surface area contributed by atoms with Gasteiger partial charge in [0.05, 0.1) is 17.2 Å². The second-order valence-electron chi connectivity index (χ2n) is 4.59. The highest BCUT2D eigenvalue weighted by molar-refractivity contribution is 5.93. The number of nitrogens with one attached hydrogen (secondary N) is 1. The maximum Gasteiger partial charge on any atom is 0.287 e. The van der Waals surface area contributed by atoms with Crippen LogP contribution in [0.25, 0.3) is 0 Å². The lowest BCUT2D eigenvalue weighted by Crippen LogP contribution is -2.29. The highest BCUT2D eigenvalue weighted by atomic mass is 16.6. The van der Waals surface area contributed by atoms with Gasteiger partial charge in [-0.3, -0.25) is 14.9 Å². The molecule has 0 saturated carbocycles. The summed E-state index contributed by atoms with van der Waals surface area (Å²) in [5.41, 5.74) is 0.712. The summed E-state index contributed by atoms with van der Waals surface area (Å²) in [6.45, 7) is 0.0296. The number of carbonyl (C=O) groups is 1. The molecule has 110 valence electrons. The van der Waals surface area contributed by atoms with Gasteiger partial charge in [0.15, 0.2) is 0 Å². The average molecular weight is 289 g/mol. The zero-order valence-electron chi connectivity index (χ0n) is 11.4. The average Bonchev–Trinajstić information content (AvgIpc) is 2.87. The van der Waals surface area contributed by atoms with Crippen LogP contribution in [0.2, 0.25) is 0 Å². The van der Waals surface area contributed by atoms with Crippen LogP contribution in [0, 0.1) is 10.1 Å². The van der Waals surface area contributed by atoms with Crippen molar-refractivity contribution >= 4 is 11.6 Å². The number of benzene rings is 1. The van der Waals surface area contributed by atoms with E-state index in [0.29, 0.717) is 5.56 Å². The molecule has 1 atom stereocenters. The highest BCUT2D eigenvalue weighted by Gasteiger charge is 2.18. The number of aromatic nitrogens is 1. The maximum atomic E-state index is 12.0. The second kappa shape index (κ2) is 6.19. The molecule has 0 saturated heterocycles. The first-order valence-electron chi connectivity index (χ1n) is 6.31. The zero-order valence-corrected chi connectivity index (χ0v) is 11.4. The van der Waals surface area contributed by atoms with Crippen LogP contribution in [-0.4, -0.2) is 27.0 Å². The van der Waals surface area contributed by atoms with E-state index in [0.717, 1.165) is 0 Å². The Bertz CT molecular complexity index is 651. The summed E-state index contributed by atoms with van der Waals surface area (Å²) in [5.74, 6) is -0.472. The van der Waals surface area contributed by atoms with E-state index in [9.17, 15) is 20.0 Å². The quantitative estimate of drug-likeness (QED) is 0.642. The number of aliphatic hydroxyl groups excluding tert-OH is 1. The smallest absolute Gasteiger partial charge is 0.287 e. The number of nitrogens with zero attached hydrogens (tertiary/aromatic N) is 2. The molecule has 2 N–H and O–H groups in total. The minimum absolute atomic E-state index is 0.0296. The van der Waals surface area contributed by atoms with Gasteiger partial charge in [-0.1, -0.05) is 30.3 Å². The Hall–Kier alpha value is -2.67. The fourth-order valence-electron chi connectivity index (χ4n) is 1.95. The minimum Gasteiger partial charge on any atom is -0.387 e. The van der Waals surface area contributed by atoms with E-state index in [2.05, 4.69) is 5.32 Å². The van der Waals surface area contributed by atoms with Gasteiger partial charge in [0.25, 0.3) is 11.6 Å². The Morgan fingerprint density at radius 3 is 2.67 bits per heavy atom. The Morgan fingerprint density at radius 2 is 2.10 bits per heavy atom. The van der Waals surface area contributed by atoms with Gasteiger partial charge >= 0.3 is 0 Å². The Labute approximate surface area is 121 Å². The summed E-state index contributed by atoms with van der Waals surface area (Å²) in [5, 5.41) is 23.2. The Morgan fingerprint density at radius 1 is 1.43 bits per heavy atom. The number of rotatable bonds is 5. The first-order valence-corrected chi connectivity index (χ1v) is 6.31. The number of hydrogen-bond donors (Lipinski definition) is 2. The molecule has 0 fully saturated rings. The van der Waals surface area contributed by atoms with E-state index in [-0.39, 0.29) is 17.9 Å². The first kappa shape index (κ1) is 14.7. The molecule has 1 aromatic carbocycles. The number of amides is 1. The van der Waals surface area contributed by atoms with Crippen LogP contribution in [0.4, 0.5) is 5.69 Å². The molecule has 0 aliphatic rings. The monoisotopic (exact) mass is 289 g/mol. The highest BCUT2D eigenvalue weighted by Crippen LogP contribution is 2.15. The molecule has 0 aliphatic heterocycles. The van der Waals surface area contributed by atoms with Crippen molar-refractivity contribution in [1.29, 1.82) is 0 Å². The van der Waals surface area contributed by atoms with Gasteiger partial charge in [0.1, 0.15) is 5.69 Å². The maximum absolute atomic E-state index is 12.0. The fourth-order valence-corrected chi connectivity index (χ4v) is 1.95. The molecular weight excluding hydrogens is 274 g/mol. The molecule has 1 unspecified atom stereocenters. The molecule has 0 spiro atoms. The van der Waals surface area contributed by atoms with Gasteiger partial charge in [-0.25, -0.2) is 0 Å². The van der Waals surface area contributed by atoms with Crippen LogP contribution in [0.5, 0.6) is 0 Å². The van der Waals surface area contributed by atoms with E-state index in [1.807, 2.05) is 6.07 Å². The summed E-state index contributed by atoms with van der Waals surface area (Å²) in [4.78, 5) is 22.1. The van der Waals surface area contributed by atoms with Gasteiger partial charge in [-0.05, 0) is 5.56 Å². The van der Waals surface area contributed by atoms with Gasteiger partial charge in [0.2, 0.25) is 0 Å². The summed E-state index contributed by atoms with van der Waals surface area (Å²) in [6, 6.07) is 10.1. The number of aryl methyl sites for hydroxylation is 1. The SMILES string of the molecule is Cn1cc([N+](=O)[O-])cc1C(=O)NCC(O)c1ccccc1. The van der Waals surface area contributed by atoms with Crippen molar-refractivity contribution in [2.24, 2.45) is 7.05 Å². The largest absolute Gasteiger partial charge is 0.387 e. The molecule has 2 aromatic rings. The summed E-state index contributed by atoms with van der Waals surface area (Å²) >= 11 is 0. The molecule has 0 aliphatic carbocycles. The lowest BCUT2D eigenvalue weighted by atomic mass is 10.1. The lowest BCUT2D eigenvalue weighted by Gasteiger charge is -2.12. The molecule has 1 heterocycles. The molecule has 1 aromatic heterocycles. The summed E-state index contributed by atoms with van der Waals surface area (Å²) in [7, 11) is 1.55. The molecule has 0 bridgehead atoms. The molecule has 1 amide bonds. The predicted octanol–water partition coefficient (Wildman–Crippen LogP) is 1.40. The normalized spacial score (nSPS) is 11.9. The molecule has 2 rings (SSSR count). The van der Waals surface area contributed by atoms with Crippen molar-refractivity contribution in [2.75, 3.05) is 6.54 Å². The number of nitro groups is 1. The Balaban J connectivity index is 2.00. The summed E-state index contributed by atoms with van der Waals surface area (Å²) < 4.78 is 1.38. The van der Waals surface area contributed by atoms with Gasteiger partial charge in [-0.2, -0.15) is 0 Å². The van der Waals surface area contributed by atoms with Crippen LogP contribution in [-0.2, 0) is 7.05 Å². The molecule has 7 heteroatoms. The van der Waals surface area contributed by atoms with Gasteiger partial charge in [0, 0.05) is 19.7 Å². The van der Waals surface area contributed by atoms with E-state index < -0.39 is 16.9 Å². The van der Waals surface area contributed by atoms with Crippen LogP contribution in [0.3, 0.4) is 0 Å². The number of aliphatic hydroxyl groups is 1. The molecule has 0 radical (unpaired) electrons. The molecule has 7 nitrogen and oxygen atoms in total. The van der Waals surface area contributed by atoms with Crippen molar-refractivity contribution in [3.8, 4) is 0 Å². The van der Waals surface area contributed by atoms with Crippen molar-refractivity contribution in [2.45, 2.75) is 6.10 Å². The van der Waals surface area contributed by atoms with Crippen LogP contribution < -0.4 is 5.32 Å². The van der Waals surface area contributed by atoms with E-state index >= 15 is 0 Å². The predicted molar refractivity (Wildman–Crippen MR) is 75.8 cm³/mol. The Kier molecular flexibility index (Phi) is 4.34. The molecular formula is C14H15N3O4. The van der Waals surface area contributed by atoms with Crippen molar-refractivity contribution in [3.05, 3.63) is 64.0 Å². The van der Waals surface area contributed by atoms with Crippen LogP contribution in [0.15, 0.2) is 42.6 Å². The second-order valence-corrected chi connectivity index (χ2v) is 4.59. The van der Waals surface area contributed by atoms with Crippen molar-refractivity contribution in [1.82, 2.24) is 9.88 Å². The summed E-state index contributed by atoms with van der Waals surface area (Å²) in [6.07, 6.45) is 0.438. The minimum atomic E-state index is -0.828. The number of hydrogen-bond acceptors (Lipinski definition) is 4. The topological polar surface area (TPSA) is 97.4 Å². The number of carbonyl (C=O) groups excluding carboxylic acids is 1. The third-order valence-corrected chi connectivity index (χ3v) is 3.07. The van der Waals surface area contributed by atoms with Crippen molar-refractivity contribution in [3.63, 3.8) is 0 Å². The van der Waals surface area contributed by atoms with Crippen molar-refractivity contribution < 1.29 is 14.8 Å². The van der Waals surface area contributed by atoms with E-state index in [1.54, 1.807) is 31.3 Å². The lowest BCUT2D eigenvalue weighted by molar-refractivity contribution is -0.384. The third kappa shape index (κ3) is 3.46. The third-order valence-electron chi connectivity index (χ3n) is 3.07.